The van der Waals surface area contributed by atoms with Crippen molar-refractivity contribution >= 4 is 15.9 Å². The van der Waals surface area contributed by atoms with Gasteiger partial charge in [-0.05, 0) is 41.4 Å². The van der Waals surface area contributed by atoms with E-state index in [0.29, 0.717) is 11.5 Å². The van der Waals surface area contributed by atoms with Gasteiger partial charge in [0, 0.05) is 0 Å². The number of hydrogen-bond acceptors (Lipinski definition) is 3. The summed E-state index contributed by atoms with van der Waals surface area (Å²) in [6.45, 7) is 3.72. The Morgan fingerprint density at radius 2 is 1.88 bits per heavy atom. The third-order valence-corrected chi connectivity index (χ3v) is 3.23. The van der Waals surface area contributed by atoms with Gasteiger partial charge < -0.3 is 9.47 Å². The number of halogens is 1. The highest BCUT2D eigenvalue weighted by Crippen LogP contribution is 2.41. The molecule has 0 aromatic heterocycles. The Balaban J connectivity index is 3.42. The second kappa shape index (κ2) is 4.75. The minimum atomic E-state index is -0.571. The highest BCUT2D eigenvalue weighted by atomic mass is 79.9. The molecule has 0 unspecified atom stereocenters. The van der Waals surface area contributed by atoms with Gasteiger partial charge in [-0.25, -0.2) is 0 Å². The monoisotopic (exact) mass is 283 g/mol. The maximum absolute atomic E-state index is 9.12. The van der Waals surface area contributed by atoms with Crippen LogP contribution in [0.1, 0.15) is 19.4 Å². The van der Waals surface area contributed by atoms with Gasteiger partial charge in [0.15, 0.2) is 11.5 Å². The van der Waals surface area contributed by atoms with Gasteiger partial charge in [0.2, 0.25) is 0 Å². The number of hydrogen-bond donors (Lipinski definition) is 0. The van der Waals surface area contributed by atoms with Crippen molar-refractivity contribution < 1.29 is 9.47 Å². The average molecular weight is 284 g/mol. The Morgan fingerprint density at radius 1 is 1.25 bits per heavy atom. The molecule has 0 heterocycles. The summed E-state index contributed by atoms with van der Waals surface area (Å²) in [5.41, 5.74) is 0.311. The van der Waals surface area contributed by atoms with E-state index in [1.807, 2.05) is 19.9 Å². The maximum atomic E-state index is 9.12. The van der Waals surface area contributed by atoms with E-state index in [9.17, 15) is 0 Å². The molecule has 0 aliphatic carbocycles. The fraction of sp³-hybridized carbons (Fsp3) is 0.417. The lowest BCUT2D eigenvalue weighted by molar-refractivity contribution is 0.352. The summed E-state index contributed by atoms with van der Waals surface area (Å²) >= 11 is 3.45. The van der Waals surface area contributed by atoms with Crippen LogP contribution in [0.5, 0.6) is 11.5 Å². The highest BCUT2D eigenvalue weighted by molar-refractivity contribution is 9.10. The van der Waals surface area contributed by atoms with Crippen LogP contribution in [0, 0.1) is 11.3 Å². The molecule has 0 fully saturated rings. The smallest absolute Gasteiger partial charge is 0.175 e. The van der Waals surface area contributed by atoms with Crippen molar-refractivity contribution in [1.29, 1.82) is 5.26 Å². The fourth-order valence-corrected chi connectivity index (χ4v) is 2.42. The molecule has 0 aliphatic heterocycles. The zero-order chi connectivity index (χ0) is 12.3. The largest absolute Gasteiger partial charge is 0.493 e. The fourth-order valence-electron chi connectivity index (χ4n) is 1.43. The predicted molar refractivity (Wildman–Crippen MR) is 65.9 cm³/mol. The Hall–Kier alpha value is -1.21. The molecule has 0 spiro atoms. The van der Waals surface area contributed by atoms with Crippen molar-refractivity contribution in [1.82, 2.24) is 0 Å². The summed E-state index contributed by atoms with van der Waals surface area (Å²) in [4.78, 5) is 0. The van der Waals surface area contributed by atoms with Crippen molar-refractivity contribution in [3.8, 4) is 17.6 Å². The van der Waals surface area contributed by atoms with E-state index in [1.54, 1.807) is 20.3 Å². The topological polar surface area (TPSA) is 42.2 Å². The highest BCUT2D eigenvalue weighted by Gasteiger charge is 2.25. The van der Waals surface area contributed by atoms with Gasteiger partial charge >= 0.3 is 0 Å². The van der Waals surface area contributed by atoms with Gasteiger partial charge in [-0.15, -0.1) is 0 Å². The standard InChI is InChI=1S/C12H14BrNO2/c1-12(2,7-14)8-5-6-9(15-3)11(16-4)10(8)13/h5-6H,1-4H3. The van der Waals surface area contributed by atoms with Crippen LogP contribution in [0.4, 0.5) is 0 Å². The van der Waals surface area contributed by atoms with Gasteiger partial charge in [-0.2, -0.15) is 5.26 Å². The number of nitriles is 1. The summed E-state index contributed by atoms with van der Waals surface area (Å²) in [5, 5.41) is 9.12. The molecule has 16 heavy (non-hydrogen) atoms. The summed E-state index contributed by atoms with van der Waals surface area (Å²) < 4.78 is 11.2. The van der Waals surface area contributed by atoms with E-state index in [2.05, 4.69) is 22.0 Å². The summed E-state index contributed by atoms with van der Waals surface area (Å²) in [6, 6.07) is 5.93. The second-order valence-corrected chi connectivity index (χ2v) is 4.69. The lowest BCUT2D eigenvalue weighted by Gasteiger charge is -2.20. The van der Waals surface area contributed by atoms with E-state index < -0.39 is 5.41 Å². The molecule has 1 rings (SSSR count). The normalized spacial score (nSPS) is 10.8. The third-order valence-electron chi connectivity index (χ3n) is 2.44. The molecule has 0 aliphatic rings. The van der Waals surface area contributed by atoms with Gasteiger partial charge in [0.05, 0.1) is 30.2 Å². The van der Waals surface area contributed by atoms with Crippen LogP contribution in [-0.2, 0) is 5.41 Å². The van der Waals surface area contributed by atoms with Gasteiger partial charge in [0.1, 0.15) is 0 Å². The number of nitrogens with zero attached hydrogens (tertiary/aromatic N) is 1. The minimum absolute atomic E-state index is 0.571. The molecular formula is C12H14BrNO2. The summed E-state index contributed by atoms with van der Waals surface area (Å²) in [7, 11) is 3.16. The van der Waals surface area contributed by atoms with E-state index in [-0.39, 0.29) is 0 Å². The zero-order valence-corrected chi connectivity index (χ0v) is 11.4. The first-order valence-electron chi connectivity index (χ1n) is 4.80. The Bertz CT molecular complexity index is 435. The van der Waals surface area contributed by atoms with Crippen LogP contribution < -0.4 is 9.47 Å². The van der Waals surface area contributed by atoms with E-state index in [4.69, 9.17) is 14.7 Å². The van der Waals surface area contributed by atoms with Gasteiger partial charge in [-0.1, -0.05) is 6.07 Å². The summed E-state index contributed by atoms with van der Waals surface area (Å²) in [6.07, 6.45) is 0. The SMILES string of the molecule is COc1ccc(C(C)(C)C#N)c(Br)c1OC. The number of rotatable bonds is 3. The zero-order valence-electron chi connectivity index (χ0n) is 9.80. The number of benzene rings is 1. The van der Waals surface area contributed by atoms with Crippen LogP contribution in [0.25, 0.3) is 0 Å². The molecule has 0 radical (unpaired) electrons. The van der Waals surface area contributed by atoms with Crippen molar-refractivity contribution in [3.63, 3.8) is 0 Å². The average Bonchev–Trinajstić information content (AvgIpc) is 2.28. The molecule has 0 amide bonds. The molecule has 4 heteroatoms. The van der Waals surface area contributed by atoms with Crippen molar-refractivity contribution in [2.45, 2.75) is 19.3 Å². The molecule has 86 valence electrons. The molecule has 0 saturated carbocycles. The molecule has 0 atom stereocenters. The van der Waals surface area contributed by atoms with Crippen LogP contribution >= 0.6 is 15.9 Å². The third kappa shape index (κ3) is 2.14. The molecule has 0 saturated heterocycles. The Kier molecular flexibility index (Phi) is 3.82. The van der Waals surface area contributed by atoms with Crippen molar-refractivity contribution in [3.05, 3.63) is 22.2 Å². The molecule has 0 bridgehead atoms. The second-order valence-electron chi connectivity index (χ2n) is 3.90. The molecule has 1 aromatic carbocycles. The number of ether oxygens (including phenoxy) is 2. The van der Waals surface area contributed by atoms with Crippen LogP contribution in [0.3, 0.4) is 0 Å². The van der Waals surface area contributed by atoms with Gasteiger partial charge in [-0.3, -0.25) is 0 Å². The molecule has 0 N–H and O–H groups in total. The predicted octanol–water partition coefficient (Wildman–Crippen LogP) is 3.27. The number of methoxy groups -OCH3 is 2. The Labute approximate surface area is 104 Å². The van der Waals surface area contributed by atoms with Crippen LogP contribution in [0.15, 0.2) is 16.6 Å². The van der Waals surface area contributed by atoms with Crippen molar-refractivity contribution in [2.24, 2.45) is 0 Å². The van der Waals surface area contributed by atoms with Crippen LogP contribution in [0.2, 0.25) is 0 Å². The first-order valence-corrected chi connectivity index (χ1v) is 5.59. The lowest BCUT2D eigenvalue weighted by atomic mass is 9.86. The van der Waals surface area contributed by atoms with Gasteiger partial charge in [0.25, 0.3) is 0 Å². The van der Waals surface area contributed by atoms with E-state index in [0.717, 1.165) is 10.0 Å². The molecular weight excluding hydrogens is 270 g/mol. The quantitative estimate of drug-likeness (QED) is 0.855. The summed E-state index contributed by atoms with van der Waals surface area (Å²) in [5.74, 6) is 1.26. The van der Waals surface area contributed by atoms with Crippen LogP contribution in [-0.4, -0.2) is 14.2 Å². The Morgan fingerprint density at radius 3 is 2.31 bits per heavy atom. The molecule has 1 aromatic rings. The first-order chi connectivity index (χ1) is 7.47. The molecule has 3 nitrogen and oxygen atoms in total. The maximum Gasteiger partial charge on any atom is 0.175 e. The van der Waals surface area contributed by atoms with E-state index >= 15 is 0 Å². The lowest BCUT2D eigenvalue weighted by Crippen LogP contribution is -2.15. The van der Waals surface area contributed by atoms with Crippen molar-refractivity contribution in [2.75, 3.05) is 14.2 Å². The first kappa shape index (κ1) is 12.9. The minimum Gasteiger partial charge on any atom is -0.493 e. The van der Waals surface area contributed by atoms with E-state index in [1.165, 1.54) is 0 Å².